The Morgan fingerprint density at radius 1 is 1.29 bits per heavy atom. The molecule has 2 unspecified atom stereocenters. The molecule has 1 fully saturated rings. The molecule has 2 aliphatic rings. The molecule has 12 heteroatoms. The van der Waals surface area contributed by atoms with Gasteiger partial charge in [0.1, 0.15) is 6.04 Å². The fourth-order valence-electron chi connectivity index (χ4n) is 3.65. The van der Waals surface area contributed by atoms with E-state index in [1.54, 1.807) is 0 Å². The smallest absolute Gasteiger partial charge is 0.418 e. The van der Waals surface area contributed by atoms with Gasteiger partial charge in [0, 0.05) is 12.1 Å². The maximum atomic E-state index is 12.5. The van der Waals surface area contributed by atoms with Crippen LogP contribution in [-0.2, 0) is 32.4 Å². The summed E-state index contributed by atoms with van der Waals surface area (Å²) in [5, 5.41) is 14.4. The van der Waals surface area contributed by atoms with Crippen LogP contribution in [0, 0.1) is 0 Å². The van der Waals surface area contributed by atoms with Gasteiger partial charge in [0.15, 0.2) is 6.04 Å². The van der Waals surface area contributed by atoms with Crippen molar-refractivity contribution in [3.8, 4) is 0 Å². The van der Waals surface area contributed by atoms with Crippen LogP contribution in [0.5, 0.6) is 0 Å². The summed E-state index contributed by atoms with van der Waals surface area (Å²) in [6.45, 7) is 0.278. The summed E-state index contributed by atoms with van der Waals surface area (Å²) in [7, 11) is -4.96. The lowest BCUT2D eigenvalue weighted by Crippen LogP contribution is -2.39. The second-order valence-electron chi connectivity index (χ2n) is 6.46. The van der Waals surface area contributed by atoms with E-state index >= 15 is 0 Å². The molecule has 1 aromatic carbocycles. The molecule has 1 saturated heterocycles. The van der Waals surface area contributed by atoms with Crippen LogP contribution < -0.4 is 0 Å². The van der Waals surface area contributed by atoms with E-state index in [9.17, 15) is 23.1 Å². The van der Waals surface area contributed by atoms with Crippen molar-refractivity contribution in [2.45, 2.75) is 25.0 Å². The lowest BCUT2D eigenvalue weighted by Gasteiger charge is -2.28. The molecule has 3 heterocycles. The number of fused-ring (bicyclic) bond motifs is 4. The standard InChI is InChI=1S/C16H16N4O7S/c21-15(22)14-13-11(8-17-19(13)7-6-10-4-2-1-3-5-10)12-9-18(14)16(23)20(12)27-28(24,25)26/h1-5,8,12,14H,6-7,9H2,(H,21,22)(H,24,25,26). The van der Waals surface area contributed by atoms with E-state index in [4.69, 9.17) is 4.55 Å². The van der Waals surface area contributed by atoms with E-state index in [0.29, 0.717) is 23.6 Å². The molecule has 0 saturated carbocycles. The van der Waals surface area contributed by atoms with Gasteiger partial charge in [-0.1, -0.05) is 30.3 Å². The van der Waals surface area contributed by atoms with Crippen molar-refractivity contribution in [1.82, 2.24) is 19.7 Å². The molecule has 2 aliphatic heterocycles. The minimum absolute atomic E-state index is 0.0945. The normalized spacial score (nSPS) is 21.1. The molecular weight excluding hydrogens is 392 g/mol. The highest BCUT2D eigenvalue weighted by molar-refractivity contribution is 7.80. The number of carboxylic acids is 1. The molecule has 0 aliphatic carbocycles. The lowest BCUT2D eigenvalue weighted by molar-refractivity contribution is -0.142. The van der Waals surface area contributed by atoms with Crippen molar-refractivity contribution >= 4 is 22.4 Å². The summed E-state index contributed by atoms with van der Waals surface area (Å²) < 4.78 is 37.0. The molecule has 4 rings (SSSR count). The van der Waals surface area contributed by atoms with Crippen LogP contribution in [0.15, 0.2) is 36.5 Å². The van der Waals surface area contributed by atoms with Crippen LogP contribution in [-0.4, -0.2) is 56.4 Å². The zero-order chi connectivity index (χ0) is 20.1. The molecule has 11 nitrogen and oxygen atoms in total. The Kier molecular flexibility index (Phi) is 4.33. The molecule has 2 bridgehead atoms. The number of benzene rings is 1. The van der Waals surface area contributed by atoms with E-state index in [2.05, 4.69) is 9.38 Å². The van der Waals surface area contributed by atoms with Gasteiger partial charge in [0.25, 0.3) is 0 Å². The van der Waals surface area contributed by atoms with Gasteiger partial charge in [0.2, 0.25) is 0 Å². The average Bonchev–Trinajstić information content (AvgIpc) is 3.16. The van der Waals surface area contributed by atoms with Crippen molar-refractivity contribution in [3.63, 3.8) is 0 Å². The zero-order valence-corrected chi connectivity index (χ0v) is 15.2. The number of nitrogens with zero attached hydrogens (tertiary/aromatic N) is 4. The third-order valence-electron chi connectivity index (χ3n) is 4.79. The van der Waals surface area contributed by atoms with Crippen molar-refractivity contribution in [2.75, 3.05) is 6.54 Å². The van der Waals surface area contributed by atoms with Crippen molar-refractivity contribution in [3.05, 3.63) is 53.3 Å². The molecule has 2 N–H and O–H groups in total. The third-order valence-corrected chi connectivity index (χ3v) is 5.14. The average molecular weight is 408 g/mol. The summed E-state index contributed by atoms with van der Waals surface area (Å²) in [4.78, 5) is 25.4. The van der Waals surface area contributed by atoms with Crippen LogP contribution in [0.25, 0.3) is 0 Å². The van der Waals surface area contributed by atoms with Gasteiger partial charge >= 0.3 is 22.4 Å². The molecular formula is C16H16N4O7S. The number of aliphatic carboxylic acids is 1. The molecule has 0 spiro atoms. The Morgan fingerprint density at radius 2 is 2.00 bits per heavy atom. The number of carbonyl (C=O) groups excluding carboxylic acids is 1. The number of aryl methyl sites for hydroxylation is 2. The maximum absolute atomic E-state index is 12.5. The van der Waals surface area contributed by atoms with Gasteiger partial charge in [-0.15, -0.1) is 4.28 Å². The van der Waals surface area contributed by atoms with Crippen LogP contribution >= 0.6 is 0 Å². The topological polar surface area (TPSA) is 142 Å². The fourth-order valence-corrected chi connectivity index (χ4v) is 4.02. The van der Waals surface area contributed by atoms with Gasteiger partial charge in [0.05, 0.1) is 18.4 Å². The number of hydroxylamine groups is 2. The molecule has 2 aromatic rings. The maximum Gasteiger partial charge on any atom is 0.418 e. The van der Waals surface area contributed by atoms with Crippen molar-refractivity contribution in [1.29, 1.82) is 0 Å². The minimum atomic E-state index is -4.96. The predicted molar refractivity (Wildman–Crippen MR) is 92.1 cm³/mol. The highest BCUT2D eigenvalue weighted by atomic mass is 32.3. The van der Waals surface area contributed by atoms with E-state index in [0.717, 1.165) is 10.5 Å². The summed E-state index contributed by atoms with van der Waals surface area (Å²) in [6, 6.07) is 6.34. The van der Waals surface area contributed by atoms with Gasteiger partial charge in [-0.3, -0.25) is 9.23 Å². The second kappa shape index (κ2) is 6.58. The SMILES string of the molecule is O=C(O)C1c2c(cnn2CCc2ccccc2)C2CN1C(=O)N2OS(=O)(=O)O. The van der Waals surface area contributed by atoms with Crippen LogP contribution in [0.3, 0.4) is 0 Å². The molecule has 2 atom stereocenters. The summed E-state index contributed by atoms with van der Waals surface area (Å²) in [5.74, 6) is -1.27. The number of rotatable bonds is 6. The largest absolute Gasteiger partial charge is 0.479 e. The molecule has 2 amide bonds. The first-order valence-corrected chi connectivity index (χ1v) is 9.72. The summed E-state index contributed by atoms with van der Waals surface area (Å²) >= 11 is 0. The first kappa shape index (κ1) is 18.4. The lowest BCUT2D eigenvalue weighted by atomic mass is 9.98. The Morgan fingerprint density at radius 3 is 2.64 bits per heavy atom. The fraction of sp³-hybridized carbons (Fsp3) is 0.312. The quantitative estimate of drug-likeness (QED) is 0.668. The summed E-state index contributed by atoms with van der Waals surface area (Å²) in [6.07, 6.45) is 1.99. The monoisotopic (exact) mass is 408 g/mol. The predicted octanol–water partition coefficient (Wildman–Crippen LogP) is 0.778. The van der Waals surface area contributed by atoms with Gasteiger partial charge in [-0.2, -0.15) is 18.6 Å². The first-order valence-electron chi connectivity index (χ1n) is 8.35. The van der Waals surface area contributed by atoms with Gasteiger partial charge < -0.3 is 10.0 Å². The third kappa shape index (κ3) is 3.10. The Hall–Kier alpha value is -2.96. The van der Waals surface area contributed by atoms with Crippen LogP contribution in [0.1, 0.15) is 28.9 Å². The Labute approximate surface area is 159 Å². The van der Waals surface area contributed by atoms with Crippen LogP contribution in [0.2, 0.25) is 0 Å². The Bertz CT molecular complexity index is 1040. The molecule has 148 valence electrons. The number of urea groups is 1. The number of hydrogen-bond acceptors (Lipinski definition) is 6. The summed E-state index contributed by atoms with van der Waals surface area (Å²) in [5.41, 5.74) is 1.69. The first-order chi connectivity index (χ1) is 13.3. The number of amides is 2. The van der Waals surface area contributed by atoms with Gasteiger partial charge in [-0.05, 0) is 12.0 Å². The highest BCUT2D eigenvalue weighted by Gasteiger charge is 2.54. The number of aromatic nitrogens is 2. The number of hydrogen-bond donors (Lipinski definition) is 2. The van der Waals surface area contributed by atoms with Gasteiger partial charge in [-0.25, -0.2) is 9.59 Å². The molecule has 0 radical (unpaired) electrons. The highest BCUT2D eigenvalue weighted by Crippen LogP contribution is 2.44. The minimum Gasteiger partial charge on any atom is -0.479 e. The zero-order valence-electron chi connectivity index (χ0n) is 14.4. The second-order valence-corrected chi connectivity index (χ2v) is 7.47. The van der Waals surface area contributed by atoms with Crippen molar-refractivity contribution < 1.29 is 31.9 Å². The molecule has 28 heavy (non-hydrogen) atoms. The molecule has 1 aromatic heterocycles. The van der Waals surface area contributed by atoms with Crippen LogP contribution in [0.4, 0.5) is 4.79 Å². The Balaban J connectivity index is 1.70. The van der Waals surface area contributed by atoms with E-state index < -0.39 is 34.5 Å². The van der Waals surface area contributed by atoms with Crippen molar-refractivity contribution in [2.24, 2.45) is 0 Å². The number of carbonyl (C=O) groups is 2. The van der Waals surface area contributed by atoms with E-state index in [1.807, 2.05) is 30.3 Å². The van der Waals surface area contributed by atoms with E-state index in [1.165, 1.54) is 10.9 Å². The number of carboxylic acid groups (broad SMARTS) is 1. The van der Waals surface area contributed by atoms with E-state index in [-0.39, 0.29) is 12.2 Å².